The molecule has 1 heterocycles. The maximum atomic E-state index is 5.35. The predicted molar refractivity (Wildman–Crippen MR) is 67.7 cm³/mol. The molecule has 5 heteroatoms. The summed E-state index contributed by atoms with van der Waals surface area (Å²) in [5.41, 5.74) is 0.915. The Morgan fingerprint density at radius 3 is 1.89 bits per heavy atom. The van der Waals surface area contributed by atoms with Gasteiger partial charge in [-0.3, -0.25) is 0 Å². The molecule has 1 saturated heterocycles. The average Bonchev–Trinajstić information content (AvgIpc) is 2.36. The van der Waals surface area contributed by atoms with Crippen LogP contribution < -0.4 is 19.5 Å². The predicted octanol–water partition coefficient (Wildman–Crippen LogP) is 1.16. The fourth-order valence-corrected chi connectivity index (χ4v) is 2.12. The second-order valence-corrected chi connectivity index (χ2v) is 4.24. The first-order valence-electron chi connectivity index (χ1n) is 5.78. The molecule has 1 aromatic rings. The van der Waals surface area contributed by atoms with E-state index in [4.69, 9.17) is 18.9 Å². The van der Waals surface area contributed by atoms with Crippen LogP contribution in [0.3, 0.4) is 0 Å². The van der Waals surface area contributed by atoms with Crippen molar-refractivity contribution in [3.63, 3.8) is 0 Å². The minimum Gasteiger partial charge on any atom is -0.493 e. The van der Waals surface area contributed by atoms with E-state index in [1.165, 1.54) is 0 Å². The van der Waals surface area contributed by atoms with Crippen molar-refractivity contribution in [1.29, 1.82) is 0 Å². The molecule has 0 radical (unpaired) electrons. The largest absolute Gasteiger partial charge is 0.493 e. The van der Waals surface area contributed by atoms with Crippen molar-refractivity contribution in [1.82, 2.24) is 5.32 Å². The van der Waals surface area contributed by atoms with Crippen molar-refractivity contribution in [2.24, 2.45) is 0 Å². The van der Waals surface area contributed by atoms with Gasteiger partial charge in [0, 0.05) is 0 Å². The van der Waals surface area contributed by atoms with Crippen LogP contribution in [0.4, 0.5) is 0 Å². The lowest BCUT2D eigenvalue weighted by atomic mass is 9.87. The van der Waals surface area contributed by atoms with Crippen molar-refractivity contribution in [2.45, 2.75) is 5.54 Å². The molecule has 2 rings (SSSR count). The van der Waals surface area contributed by atoms with Crippen LogP contribution in [-0.4, -0.2) is 41.6 Å². The van der Waals surface area contributed by atoms with Gasteiger partial charge in [-0.2, -0.15) is 0 Å². The Kier molecular flexibility index (Phi) is 3.63. The summed E-state index contributed by atoms with van der Waals surface area (Å²) in [5, 5.41) is 3.29. The lowest BCUT2D eigenvalue weighted by Crippen LogP contribution is -2.56. The van der Waals surface area contributed by atoms with E-state index in [9.17, 15) is 0 Å². The van der Waals surface area contributed by atoms with Gasteiger partial charge in [-0.25, -0.2) is 0 Å². The molecule has 0 saturated carbocycles. The van der Waals surface area contributed by atoms with Crippen LogP contribution in [0.1, 0.15) is 5.56 Å². The van der Waals surface area contributed by atoms with Crippen molar-refractivity contribution in [3.05, 3.63) is 17.7 Å². The third-order valence-electron chi connectivity index (χ3n) is 3.39. The highest BCUT2D eigenvalue weighted by Gasteiger charge is 2.40. The molecule has 0 atom stereocenters. The number of rotatable bonds is 5. The van der Waals surface area contributed by atoms with Crippen molar-refractivity contribution in [3.8, 4) is 17.2 Å². The Hall–Kier alpha value is -1.46. The normalized spacial score (nSPS) is 16.9. The zero-order valence-electron chi connectivity index (χ0n) is 11.2. The monoisotopic (exact) mass is 253 g/mol. The third-order valence-corrected chi connectivity index (χ3v) is 3.39. The van der Waals surface area contributed by atoms with Crippen LogP contribution in [0.25, 0.3) is 0 Å². The second kappa shape index (κ2) is 5.04. The van der Waals surface area contributed by atoms with Crippen LogP contribution in [0, 0.1) is 0 Å². The third kappa shape index (κ3) is 1.89. The van der Waals surface area contributed by atoms with Crippen LogP contribution >= 0.6 is 0 Å². The molecule has 0 aliphatic carbocycles. The van der Waals surface area contributed by atoms with E-state index in [2.05, 4.69) is 5.32 Å². The van der Waals surface area contributed by atoms with E-state index >= 15 is 0 Å². The van der Waals surface area contributed by atoms with E-state index < -0.39 is 0 Å². The molecule has 18 heavy (non-hydrogen) atoms. The molecule has 0 unspecified atom stereocenters. The fourth-order valence-electron chi connectivity index (χ4n) is 2.12. The van der Waals surface area contributed by atoms with Gasteiger partial charge < -0.3 is 24.3 Å². The Morgan fingerprint density at radius 1 is 1.06 bits per heavy atom. The van der Waals surface area contributed by atoms with Gasteiger partial charge in [0.2, 0.25) is 5.75 Å². The molecule has 5 nitrogen and oxygen atoms in total. The Morgan fingerprint density at radius 2 is 1.61 bits per heavy atom. The van der Waals surface area contributed by atoms with Gasteiger partial charge >= 0.3 is 0 Å². The quantitative estimate of drug-likeness (QED) is 0.853. The smallest absolute Gasteiger partial charge is 0.203 e. The number of benzene rings is 1. The van der Waals surface area contributed by atoms with E-state index in [0.29, 0.717) is 30.5 Å². The Labute approximate surface area is 107 Å². The maximum Gasteiger partial charge on any atom is 0.203 e. The van der Waals surface area contributed by atoms with Crippen molar-refractivity contribution in [2.75, 3.05) is 41.6 Å². The molecule has 1 fully saturated rings. The number of methoxy groups -OCH3 is 3. The number of ether oxygens (including phenoxy) is 4. The van der Waals surface area contributed by atoms with Crippen molar-refractivity contribution >= 4 is 0 Å². The zero-order chi connectivity index (χ0) is 13.2. The molecule has 1 N–H and O–H groups in total. The van der Waals surface area contributed by atoms with Crippen LogP contribution in [0.15, 0.2) is 12.1 Å². The first kappa shape index (κ1) is 13.0. The highest BCUT2D eigenvalue weighted by molar-refractivity contribution is 5.55. The van der Waals surface area contributed by atoms with Gasteiger partial charge in [0.05, 0.1) is 40.1 Å². The standard InChI is InChI=1S/C13H19NO4/c1-14-13(7-18-8-13)9-5-10(15-2)12(17-4)11(6-9)16-3/h5-6,14H,7-8H2,1-4H3. The van der Waals surface area contributed by atoms with Crippen molar-refractivity contribution < 1.29 is 18.9 Å². The number of hydrogen-bond acceptors (Lipinski definition) is 5. The van der Waals surface area contributed by atoms with Gasteiger partial charge in [-0.15, -0.1) is 0 Å². The molecular formula is C13H19NO4. The fraction of sp³-hybridized carbons (Fsp3) is 0.538. The average molecular weight is 253 g/mol. The molecule has 0 aromatic heterocycles. The van der Waals surface area contributed by atoms with E-state index in [1.54, 1.807) is 21.3 Å². The Balaban J connectivity index is 2.49. The van der Waals surface area contributed by atoms with Gasteiger partial charge in [-0.1, -0.05) is 0 Å². The Bertz CT molecular complexity index is 398. The summed E-state index contributed by atoms with van der Waals surface area (Å²) in [6.07, 6.45) is 0. The van der Waals surface area contributed by atoms with E-state index in [-0.39, 0.29) is 5.54 Å². The summed E-state index contributed by atoms with van der Waals surface area (Å²) >= 11 is 0. The summed E-state index contributed by atoms with van der Waals surface area (Å²) in [5.74, 6) is 1.93. The van der Waals surface area contributed by atoms with E-state index in [0.717, 1.165) is 5.56 Å². The summed E-state index contributed by atoms with van der Waals surface area (Å²) in [4.78, 5) is 0. The first-order valence-corrected chi connectivity index (χ1v) is 5.78. The number of nitrogens with one attached hydrogen (secondary N) is 1. The highest BCUT2D eigenvalue weighted by atomic mass is 16.5. The minimum absolute atomic E-state index is 0.160. The van der Waals surface area contributed by atoms with Crippen LogP contribution in [0.5, 0.6) is 17.2 Å². The van der Waals surface area contributed by atoms with Gasteiger partial charge in [0.15, 0.2) is 11.5 Å². The summed E-state index contributed by atoms with van der Waals surface area (Å²) in [7, 11) is 6.75. The highest BCUT2D eigenvalue weighted by Crippen LogP contribution is 2.42. The van der Waals surface area contributed by atoms with Crippen LogP contribution in [-0.2, 0) is 10.3 Å². The van der Waals surface area contributed by atoms with Gasteiger partial charge in [-0.05, 0) is 24.7 Å². The lowest BCUT2D eigenvalue weighted by Gasteiger charge is -2.42. The molecular weight excluding hydrogens is 234 g/mol. The molecule has 0 bridgehead atoms. The summed E-state index contributed by atoms with van der Waals surface area (Å²) in [6.45, 7) is 1.28. The second-order valence-electron chi connectivity index (χ2n) is 4.24. The number of hydrogen-bond donors (Lipinski definition) is 1. The van der Waals surface area contributed by atoms with Gasteiger partial charge in [0.25, 0.3) is 0 Å². The minimum atomic E-state index is -0.160. The molecule has 0 spiro atoms. The maximum absolute atomic E-state index is 5.35. The van der Waals surface area contributed by atoms with Gasteiger partial charge in [0.1, 0.15) is 0 Å². The summed E-state index contributed by atoms with van der Waals surface area (Å²) < 4.78 is 21.3. The molecule has 1 aliphatic heterocycles. The summed E-state index contributed by atoms with van der Waals surface area (Å²) in [6, 6.07) is 3.92. The zero-order valence-corrected chi connectivity index (χ0v) is 11.2. The molecule has 1 aromatic carbocycles. The molecule has 100 valence electrons. The lowest BCUT2D eigenvalue weighted by molar-refractivity contribution is -0.0749. The van der Waals surface area contributed by atoms with Crippen LogP contribution in [0.2, 0.25) is 0 Å². The van der Waals surface area contributed by atoms with E-state index in [1.807, 2.05) is 19.2 Å². The molecule has 0 amide bonds. The molecule has 1 aliphatic rings. The topological polar surface area (TPSA) is 49.0 Å². The SMILES string of the molecule is CNC1(c2cc(OC)c(OC)c(OC)c2)COC1. The number of likely N-dealkylation sites (N-methyl/N-ethyl adjacent to an activating group) is 1. The first-order chi connectivity index (χ1) is 8.70.